The third-order valence-electron chi connectivity index (χ3n) is 2.41. The lowest BCUT2D eigenvalue weighted by molar-refractivity contribution is 0.236. The molecule has 1 nitrogen and oxygen atoms in total. The lowest BCUT2D eigenvalue weighted by Gasteiger charge is -2.26. The van der Waals surface area contributed by atoms with Crippen molar-refractivity contribution in [3.05, 3.63) is 12.2 Å². The molecule has 1 aliphatic heterocycles. The smallest absolute Gasteiger partial charge is 0.0298 e. The SMILES string of the molecule is CC(C)C1C=CCCCN1C. The average molecular weight is 153 g/mol. The van der Waals surface area contributed by atoms with Crippen LogP contribution < -0.4 is 0 Å². The first kappa shape index (κ1) is 8.79. The summed E-state index contributed by atoms with van der Waals surface area (Å²) in [5.41, 5.74) is 0. The maximum Gasteiger partial charge on any atom is 0.0298 e. The van der Waals surface area contributed by atoms with E-state index in [1.807, 2.05) is 0 Å². The summed E-state index contributed by atoms with van der Waals surface area (Å²) in [5, 5.41) is 0. The minimum absolute atomic E-state index is 0.664. The molecule has 0 aromatic carbocycles. The van der Waals surface area contributed by atoms with Gasteiger partial charge >= 0.3 is 0 Å². The van der Waals surface area contributed by atoms with Gasteiger partial charge in [-0.05, 0) is 32.4 Å². The predicted molar refractivity (Wildman–Crippen MR) is 49.6 cm³/mol. The third-order valence-corrected chi connectivity index (χ3v) is 2.41. The van der Waals surface area contributed by atoms with Gasteiger partial charge in [-0.1, -0.05) is 26.0 Å². The molecule has 0 N–H and O–H groups in total. The van der Waals surface area contributed by atoms with E-state index in [-0.39, 0.29) is 0 Å². The highest BCUT2D eigenvalue weighted by Gasteiger charge is 2.16. The Bertz CT molecular complexity index is 138. The van der Waals surface area contributed by atoms with Gasteiger partial charge in [-0.3, -0.25) is 4.90 Å². The third kappa shape index (κ3) is 2.33. The van der Waals surface area contributed by atoms with E-state index in [9.17, 15) is 0 Å². The fraction of sp³-hybridized carbons (Fsp3) is 0.800. The predicted octanol–water partition coefficient (Wildman–Crippen LogP) is 2.29. The van der Waals surface area contributed by atoms with Crippen molar-refractivity contribution in [2.24, 2.45) is 5.92 Å². The minimum Gasteiger partial charge on any atom is -0.300 e. The van der Waals surface area contributed by atoms with Gasteiger partial charge < -0.3 is 0 Å². The summed E-state index contributed by atoms with van der Waals surface area (Å²) in [6.07, 6.45) is 7.26. The zero-order valence-corrected chi connectivity index (χ0v) is 7.88. The van der Waals surface area contributed by atoms with E-state index in [1.54, 1.807) is 0 Å². The number of rotatable bonds is 1. The first-order valence-electron chi connectivity index (χ1n) is 4.58. The molecule has 0 fully saturated rings. The number of allylic oxidation sites excluding steroid dienone is 1. The summed E-state index contributed by atoms with van der Waals surface area (Å²) in [5.74, 6) is 0.745. The lowest BCUT2D eigenvalue weighted by atomic mass is 10.0. The Kier molecular flexibility index (Phi) is 3.13. The zero-order valence-electron chi connectivity index (χ0n) is 7.88. The van der Waals surface area contributed by atoms with Gasteiger partial charge in [0.2, 0.25) is 0 Å². The van der Waals surface area contributed by atoms with Crippen molar-refractivity contribution in [1.82, 2.24) is 4.90 Å². The van der Waals surface area contributed by atoms with Gasteiger partial charge in [-0.2, -0.15) is 0 Å². The standard InChI is InChI=1S/C10H19N/c1-9(2)10-7-5-4-6-8-11(10)3/h5,7,9-10H,4,6,8H2,1-3H3. The van der Waals surface area contributed by atoms with Crippen LogP contribution in [0.25, 0.3) is 0 Å². The van der Waals surface area contributed by atoms with Gasteiger partial charge in [0.1, 0.15) is 0 Å². The van der Waals surface area contributed by atoms with Crippen LogP contribution in [0.2, 0.25) is 0 Å². The molecule has 0 saturated heterocycles. The van der Waals surface area contributed by atoms with Crippen molar-refractivity contribution in [1.29, 1.82) is 0 Å². The van der Waals surface area contributed by atoms with Crippen LogP contribution in [0.5, 0.6) is 0 Å². The molecule has 11 heavy (non-hydrogen) atoms. The van der Waals surface area contributed by atoms with Crippen LogP contribution in [0.4, 0.5) is 0 Å². The number of hydrogen-bond donors (Lipinski definition) is 0. The number of nitrogens with zero attached hydrogens (tertiary/aromatic N) is 1. The summed E-state index contributed by atoms with van der Waals surface area (Å²) in [6, 6.07) is 0.664. The molecule has 1 heterocycles. The van der Waals surface area contributed by atoms with Gasteiger partial charge in [0.05, 0.1) is 0 Å². The Hall–Kier alpha value is -0.300. The molecular formula is C10H19N. The molecule has 0 spiro atoms. The van der Waals surface area contributed by atoms with Gasteiger partial charge in [0.25, 0.3) is 0 Å². The van der Waals surface area contributed by atoms with Crippen molar-refractivity contribution in [3.63, 3.8) is 0 Å². The van der Waals surface area contributed by atoms with Crippen molar-refractivity contribution >= 4 is 0 Å². The van der Waals surface area contributed by atoms with E-state index in [1.165, 1.54) is 19.4 Å². The number of hydrogen-bond acceptors (Lipinski definition) is 1. The first-order valence-corrected chi connectivity index (χ1v) is 4.58. The van der Waals surface area contributed by atoms with Crippen molar-refractivity contribution < 1.29 is 0 Å². The zero-order chi connectivity index (χ0) is 8.27. The molecule has 1 unspecified atom stereocenters. The van der Waals surface area contributed by atoms with E-state index >= 15 is 0 Å². The van der Waals surface area contributed by atoms with Gasteiger partial charge in [0.15, 0.2) is 0 Å². The molecule has 1 atom stereocenters. The molecule has 0 radical (unpaired) electrons. The van der Waals surface area contributed by atoms with Crippen LogP contribution in [-0.4, -0.2) is 24.5 Å². The Labute approximate surface area is 70.1 Å². The van der Waals surface area contributed by atoms with E-state index in [4.69, 9.17) is 0 Å². The van der Waals surface area contributed by atoms with Gasteiger partial charge in [-0.15, -0.1) is 0 Å². The van der Waals surface area contributed by atoms with Crippen molar-refractivity contribution in [3.8, 4) is 0 Å². The maximum absolute atomic E-state index is 2.45. The lowest BCUT2D eigenvalue weighted by Crippen LogP contribution is -2.33. The van der Waals surface area contributed by atoms with Crippen LogP contribution in [0.15, 0.2) is 12.2 Å². The first-order chi connectivity index (χ1) is 5.22. The summed E-state index contributed by atoms with van der Waals surface area (Å²) in [6.45, 7) is 5.82. The molecule has 0 amide bonds. The minimum atomic E-state index is 0.664. The van der Waals surface area contributed by atoms with Crippen molar-refractivity contribution in [2.45, 2.75) is 32.7 Å². The molecule has 0 aromatic heterocycles. The fourth-order valence-electron chi connectivity index (χ4n) is 1.72. The summed E-state index contributed by atoms with van der Waals surface area (Å²) >= 11 is 0. The van der Waals surface area contributed by atoms with Crippen LogP contribution in [0, 0.1) is 5.92 Å². The van der Waals surface area contributed by atoms with Gasteiger partial charge in [0, 0.05) is 6.04 Å². The Morgan fingerprint density at radius 2 is 2.18 bits per heavy atom. The molecule has 0 saturated carbocycles. The molecule has 0 bridgehead atoms. The Morgan fingerprint density at radius 1 is 1.45 bits per heavy atom. The van der Waals surface area contributed by atoms with Crippen LogP contribution in [-0.2, 0) is 0 Å². The maximum atomic E-state index is 2.45. The topological polar surface area (TPSA) is 3.24 Å². The molecule has 0 aromatic rings. The van der Waals surface area contributed by atoms with E-state index in [0.717, 1.165) is 5.92 Å². The summed E-state index contributed by atoms with van der Waals surface area (Å²) < 4.78 is 0. The van der Waals surface area contributed by atoms with Crippen LogP contribution in [0.1, 0.15) is 26.7 Å². The molecule has 0 aliphatic carbocycles. The largest absolute Gasteiger partial charge is 0.300 e. The fourth-order valence-corrected chi connectivity index (χ4v) is 1.72. The van der Waals surface area contributed by atoms with E-state index < -0.39 is 0 Å². The second-order valence-corrected chi connectivity index (χ2v) is 3.79. The van der Waals surface area contributed by atoms with Crippen molar-refractivity contribution in [2.75, 3.05) is 13.6 Å². The Morgan fingerprint density at radius 3 is 2.82 bits per heavy atom. The summed E-state index contributed by atoms with van der Waals surface area (Å²) in [7, 11) is 2.22. The van der Waals surface area contributed by atoms with Crippen LogP contribution >= 0.6 is 0 Å². The highest BCUT2D eigenvalue weighted by atomic mass is 15.1. The quantitative estimate of drug-likeness (QED) is 0.522. The normalized spacial score (nSPS) is 27.5. The molecule has 1 rings (SSSR count). The van der Waals surface area contributed by atoms with E-state index in [2.05, 4.69) is 37.9 Å². The average Bonchev–Trinajstić information content (AvgIpc) is 2.13. The second-order valence-electron chi connectivity index (χ2n) is 3.79. The highest BCUT2D eigenvalue weighted by Crippen LogP contribution is 2.14. The van der Waals surface area contributed by atoms with Gasteiger partial charge in [-0.25, -0.2) is 0 Å². The van der Waals surface area contributed by atoms with E-state index in [0.29, 0.717) is 6.04 Å². The van der Waals surface area contributed by atoms with Crippen LogP contribution in [0.3, 0.4) is 0 Å². The second kappa shape index (κ2) is 3.91. The molecule has 1 aliphatic rings. The highest BCUT2D eigenvalue weighted by molar-refractivity contribution is 4.97. The molecular weight excluding hydrogens is 134 g/mol. The molecule has 1 heteroatoms. The molecule has 64 valence electrons. The Balaban J connectivity index is 2.57. The number of likely N-dealkylation sites (N-methyl/N-ethyl adjacent to an activating group) is 1. The summed E-state index contributed by atoms with van der Waals surface area (Å²) in [4.78, 5) is 2.45. The monoisotopic (exact) mass is 153 g/mol.